The van der Waals surface area contributed by atoms with Gasteiger partial charge in [0.15, 0.2) is 0 Å². The highest BCUT2D eigenvalue weighted by Gasteiger charge is 2.23. The van der Waals surface area contributed by atoms with Crippen molar-refractivity contribution in [3.63, 3.8) is 0 Å². The Kier molecular flexibility index (Phi) is 6.40. The molecule has 1 fully saturated rings. The van der Waals surface area contributed by atoms with Crippen molar-refractivity contribution in [2.24, 2.45) is 0 Å². The zero-order chi connectivity index (χ0) is 21.1. The van der Waals surface area contributed by atoms with E-state index in [1.165, 1.54) is 37.8 Å². The van der Waals surface area contributed by atoms with Gasteiger partial charge in [0, 0.05) is 40.6 Å². The largest absolute Gasteiger partial charge is 0.477 e. The lowest BCUT2D eigenvalue weighted by Crippen LogP contribution is -2.28. The van der Waals surface area contributed by atoms with Crippen LogP contribution in [0.15, 0.2) is 42.5 Å². The molecule has 0 unspecified atom stereocenters. The fourth-order valence-corrected chi connectivity index (χ4v) is 4.74. The highest BCUT2D eigenvalue weighted by atomic mass is 35.5. The van der Waals surface area contributed by atoms with E-state index in [9.17, 15) is 14.3 Å². The van der Waals surface area contributed by atoms with Crippen molar-refractivity contribution in [3.8, 4) is 0 Å². The second-order valence-electron chi connectivity index (χ2n) is 8.04. The molecule has 0 atom stereocenters. The number of hydrogen-bond acceptors (Lipinski definition) is 2. The quantitative estimate of drug-likeness (QED) is 0.474. The molecule has 0 bridgehead atoms. The van der Waals surface area contributed by atoms with Gasteiger partial charge in [-0.3, -0.25) is 0 Å². The molecule has 2 aromatic carbocycles. The van der Waals surface area contributed by atoms with Gasteiger partial charge in [-0.15, -0.1) is 0 Å². The third-order valence-corrected chi connectivity index (χ3v) is 6.40. The number of carbonyl (C=O) groups is 1. The van der Waals surface area contributed by atoms with Gasteiger partial charge in [-0.2, -0.15) is 0 Å². The molecule has 0 radical (unpaired) electrons. The van der Waals surface area contributed by atoms with Crippen molar-refractivity contribution < 1.29 is 14.3 Å². The molecule has 30 heavy (non-hydrogen) atoms. The highest BCUT2D eigenvalue weighted by molar-refractivity contribution is 6.31. The Morgan fingerprint density at radius 2 is 1.87 bits per heavy atom. The Bertz CT molecular complexity index is 1050. The molecular formula is C24H26ClFN2O2. The van der Waals surface area contributed by atoms with Crippen LogP contribution in [0.3, 0.4) is 0 Å². The van der Waals surface area contributed by atoms with E-state index in [1.807, 2.05) is 24.3 Å². The zero-order valence-corrected chi connectivity index (χ0v) is 17.6. The Morgan fingerprint density at radius 1 is 1.13 bits per heavy atom. The first-order valence-electron chi connectivity index (χ1n) is 10.6. The lowest BCUT2D eigenvalue weighted by atomic mass is 10.1. The number of benzene rings is 2. The molecule has 1 aliphatic rings. The predicted molar refractivity (Wildman–Crippen MR) is 118 cm³/mol. The van der Waals surface area contributed by atoms with Gasteiger partial charge in [-0.1, -0.05) is 61.5 Å². The summed E-state index contributed by atoms with van der Waals surface area (Å²) in [5, 5.41) is 14.9. The SMILES string of the molecule is O=C(O)c1c(CNC2CCCCCC2)c2ccccc2n1Cc1ccc(F)cc1Cl. The number of halogens is 2. The van der Waals surface area contributed by atoms with Crippen molar-refractivity contribution in [1.82, 2.24) is 9.88 Å². The topological polar surface area (TPSA) is 54.3 Å². The minimum absolute atomic E-state index is 0.262. The predicted octanol–water partition coefficient (Wildman–Crippen LogP) is 5.99. The molecule has 6 heteroatoms. The number of hydrogen-bond donors (Lipinski definition) is 2. The first-order chi connectivity index (χ1) is 14.5. The van der Waals surface area contributed by atoms with Crippen LogP contribution in [0.25, 0.3) is 10.9 Å². The van der Waals surface area contributed by atoms with E-state index in [4.69, 9.17) is 11.6 Å². The number of aromatic nitrogens is 1. The fourth-order valence-electron chi connectivity index (χ4n) is 4.51. The van der Waals surface area contributed by atoms with Crippen molar-refractivity contribution in [2.75, 3.05) is 0 Å². The minimum Gasteiger partial charge on any atom is -0.477 e. The van der Waals surface area contributed by atoms with Crippen LogP contribution in [0, 0.1) is 5.82 Å². The summed E-state index contributed by atoms with van der Waals surface area (Å²) in [5.74, 6) is -1.38. The van der Waals surface area contributed by atoms with E-state index in [2.05, 4.69) is 5.32 Å². The number of carboxylic acid groups (broad SMARTS) is 1. The van der Waals surface area contributed by atoms with Gasteiger partial charge >= 0.3 is 5.97 Å². The molecule has 1 saturated carbocycles. The smallest absolute Gasteiger partial charge is 0.352 e. The molecule has 4 rings (SSSR count). The van der Waals surface area contributed by atoms with Gasteiger partial charge in [-0.25, -0.2) is 9.18 Å². The van der Waals surface area contributed by atoms with Crippen molar-refractivity contribution >= 4 is 28.5 Å². The highest BCUT2D eigenvalue weighted by Crippen LogP contribution is 2.30. The van der Waals surface area contributed by atoms with Crippen LogP contribution >= 0.6 is 11.6 Å². The third-order valence-electron chi connectivity index (χ3n) is 6.04. The van der Waals surface area contributed by atoms with Gasteiger partial charge in [0.2, 0.25) is 0 Å². The lowest BCUT2D eigenvalue weighted by Gasteiger charge is -2.16. The van der Waals surface area contributed by atoms with Gasteiger partial charge < -0.3 is 15.0 Å². The number of para-hydroxylation sites is 1. The van der Waals surface area contributed by atoms with Gasteiger partial charge in [-0.05, 0) is 36.6 Å². The van der Waals surface area contributed by atoms with E-state index >= 15 is 0 Å². The first-order valence-corrected chi connectivity index (χ1v) is 10.9. The van der Waals surface area contributed by atoms with Crippen LogP contribution in [0.1, 0.15) is 60.1 Å². The summed E-state index contributed by atoms with van der Waals surface area (Å²) in [6, 6.07) is 12.4. The van der Waals surface area contributed by atoms with Gasteiger partial charge in [0.1, 0.15) is 11.5 Å². The summed E-state index contributed by atoms with van der Waals surface area (Å²) >= 11 is 6.23. The van der Waals surface area contributed by atoms with Crippen LogP contribution < -0.4 is 5.32 Å². The molecule has 4 nitrogen and oxygen atoms in total. The van der Waals surface area contributed by atoms with E-state index in [-0.39, 0.29) is 12.2 Å². The number of nitrogens with one attached hydrogen (secondary N) is 1. The summed E-state index contributed by atoms with van der Waals surface area (Å²) in [6.07, 6.45) is 7.24. The summed E-state index contributed by atoms with van der Waals surface area (Å²) in [6.45, 7) is 0.779. The molecular weight excluding hydrogens is 403 g/mol. The summed E-state index contributed by atoms with van der Waals surface area (Å²) in [5.41, 5.74) is 2.58. The second kappa shape index (κ2) is 9.19. The standard InChI is InChI=1S/C24H26ClFN2O2/c25-21-13-17(26)12-11-16(21)15-28-22-10-6-5-9-19(22)20(23(28)24(29)30)14-27-18-7-3-1-2-4-8-18/h5-6,9-13,18,27H,1-4,7-8,14-15H2,(H,29,30). The minimum atomic E-state index is -0.970. The van der Waals surface area contributed by atoms with E-state index in [0.717, 1.165) is 29.3 Å². The molecule has 0 amide bonds. The third kappa shape index (κ3) is 4.37. The van der Waals surface area contributed by atoms with Crippen molar-refractivity contribution in [3.05, 3.63) is 70.1 Å². The molecule has 0 aliphatic heterocycles. The molecule has 158 valence electrons. The molecule has 1 aromatic heterocycles. The Balaban J connectivity index is 1.72. The number of rotatable bonds is 6. The maximum absolute atomic E-state index is 13.5. The number of fused-ring (bicyclic) bond motifs is 1. The molecule has 3 aromatic rings. The second-order valence-corrected chi connectivity index (χ2v) is 8.45. The zero-order valence-electron chi connectivity index (χ0n) is 16.8. The molecule has 0 spiro atoms. The maximum Gasteiger partial charge on any atom is 0.352 e. The fraction of sp³-hybridized carbons (Fsp3) is 0.375. The number of carboxylic acids is 1. The van der Waals surface area contributed by atoms with Crippen LogP contribution in [0.2, 0.25) is 5.02 Å². The van der Waals surface area contributed by atoms with E-state index in [0.29, 0.717) is 23.2 Å². The molecule has 0 saturated heterocycles. The Hall–Kier alpha value is -2.37. The van der Waals surface area contributed by atoms with Crippen molar-refractivity contribution in [2.45, 2.75) is 57.7 Å². The molecule has 1 heterocycles. The summed E-state index contributed by atoms with van der Waals surface area (Å²) in [7, 11) is 0. The van der Waals surface area contributed by atoms with Gasteiger partial charge in [0.25, 0.3) is 0 Å². The summed E-state index contributed by atoms with van der Waals surface area (Å²) in [4.78, 5) is 12.3. The number of aromatic carboxylic acids is 1. The van der Waals surface area contributed by atoms with Crippen LogP contribution in [-0.4, -0.2) is 21.7 Å². The summed E-state index contributed by atoms with van der Waals surface area (Å²) < 4.78 is 15.2. The Labute approximate surface area is 180 Å². The normalized spacial score (nSPS) is 15.4. The Morgan fingerprint density at radius 3 is 2.57 bits per heavy atom. The van der Waals surface area contributed by atoms with Crippen molar-refractivity contribution in [1.29, 1.82) is 0 Å². The van der Waals surface area contributed by atoms with Gasteiger partial charge in [0.05, 0.1) is 0 Å². The molecule has 2 N–H and O–H groups in total. The monoisotopic (exact) mass is 428 g/mol. The number of nitrogens with zero attached hydrogens (tertiary/aromatic N) is 1. The molecule has 1 aliphatic carbocycles. The average molecular weight is 429 g/mol. The van der Waals surface area contributed by atoms with Crippen LogP contribution in [0.4, 0.5) is 4.39 Å². The van der Waals surface area contributed by atoms with Crippen LogP contribution in [0.5, 0.6) is 0 Å². The first kappa shape index (κ1) is 20.9. The van der Waals surface area contributed by atoms with E-state index in [1.54, 1.807) is 10.6 Å². The average Bonchev–Trinajstić information content (AvgIpc) is 2.86. The van der Waals surface area contributed by atoms with Crippen LogP contribution in [-0.2, 0) is 13.1 Å². The maximum atomic E-state index is 13.5. The lowest BCUT2D eigenvalue weighted by molar-refractivity contribution is 0.0684. The van der Waals surface area contributed by atoms with E-state index < -0.39 is 11.8 Å².